The van der Waals surface area contributed by atoms with Crippen LogP contribution < -0.4 is 5.32 Å². The van der Waals surface area contributed by atoms with Crippen molar-refractivity contribution in [2.45, 2.75) is 45.6 Å². The van der Waals surface area contributed by atoms with Gasteiger partial charge in [-0.15, -0.1) is 12.4 Å². The number of carbonyl (C=O) groups excluding carboxylic acids is 1. The van der Waals surface area contributed by atoms with Gasteiger partial charge in [0.2, 0.25) is 0 Å². The van der Waals surface area contributed by atoms with Gasteiger partial charge < -0.3 is 10.1 Å². The van der Waals surface area contributed by atoms with Crippen molar-refractivity contribution in [1.82, 2.24) is 4.98 Å². The van der Waals surface area contributed by atoms with Crippen molar-refractivity contribution in [3.8, 4) is 0 Å². The van der Waals surface area contributed by atoms with Crippen LogP contribution in [-0.2, 0) is 4.74 Å². The van der Waals surface area contributed by atoms with Crippen LogP contribution in [0, 0.1) is 5.92 Å². The van der Waals surface area contributed by atoms with Gasteiger partial charge in [-0.25, -0.2) is 4.79 Å². The fourth-order valence-electron chi connectivity index (χ4n) is 3.44. The van der Waals surface area contributed by atoms with Crippen molar-refractivity contribution in [3.05, 3.63) is 33.9 Å². The lowest BCUT2D eigenvalue weighted by atomic mass is 9.85. The molecule has 1 saturated carbocycles. The Morgan fingerprint density at radius 3 is 2.73 bits per heavy atom. The number of pyridine rings is 1. The second-order valence-corrected chi connectivity index (χ2v) is 7.32. The zero-order chi connectivity index (χ0) is 18.0. The highest BCUT2D eigenvalue weighted by Crippen LogP contribution is 2.37. The molecule has 7 heteroatoms. The summed E-state index contributed by atoms with van der Waals surface area (Å²) in [7, 11) is 0. The molecule has 1 aromatic carbocycles. The molecule has 2 unspecified atom stereocenters. The second-order valence-electron chi connectivity index (χ2n) is 6.54. The van der Waals surface area contributed by atoms with Crippen molar-refractivity contribution in [3.63, 3.8) is 0 Å². The highest BCUT2D eigenvalue weighted by Gasteiger charge is 2.25. The highest BCUT2D eigenvalue weighted by molar-refractivity contribution is 6.45. The van der Waals surface area contributed by atoms with Gasteiger partial charge in [-0.1, -0.05) is 43.0 Å². The molecule has 0 bridgehead atoms. The summed E-state index contributed by atoms with van der Waals surface area (Å²) in [6.45, 7) is 4.35. The minimum atomic E-state index is -0.381. The SMILES string of the molecule is CCOC(=O)c1cnc2c(Cl)c(Cl)ccc2c1NC1CCCCC1C.Cl. The maximum absolute atomic E-state index is 12.4. The van der Waals surface area contributed by atoms with Crippen LogP contribution >= 0.6 is 35.6 Å². The molecule has 0 spiro atoms. The van der Waals surface area contributed by atoms with Crippen LogP contribution in [-0.4, -0.2) is 23.6 Å². The first-order valence-electron chi connectivity index (χ1n) is 8.73. The van der Waals surface area contributed by atoms with Crippen LogP contribution in [0.25, 0.3) is 10.9 Å². The Labute approximate surface area is 170 Å². The normalized spacial score (nSPS) is 19.7. The van der Waals surface area contributed by atoms with Gasteiger partial charge in [0.1, 0.15) is 5.56 Å². The third-order valence-electron chi connectivity index (χ3n) is 4.87. The Hall–Kier alpha value is -1.23. The van der Waals surface area contributed by atoms with Gasteiger partial charge in [-0.05, 0) is 37.8 Å². The van der Waals surface area contributed by atoms with E-state index in [0.717, 1.165) is 17.5 Å². The van der Waals surface area contributed by atoms with Crippen LogP contribution in [0.1, 0.15) is 49.9 Å². The van der Waals surface area contributed by atoms with E-state index in [1.807, 2.05) is 6.07 Å². The predicted molar refractivity (Wildman–Crippen MR) is 110 cm³/mol. The van der Waals surface area contributed by atoms with Gasteiger partial charge in [0.25, 0.3) is 0 Å². The minimum absolute atomic E-state index is 0. The van der Waals surface area contributed by atoms with Gasteiger partial charge in [-0.2, -0.15) is 0 Å². The number of hydrogen-bond acceptors (Lipinski definition) is 4. The lowest BCUT2D eigenvalue weighted by molar-refractivity contribution is 0.0527. The molecule has 26 heavy (non-hydrogen) atoms. The number of esters is 1. The topological polar surface area (TPSA) is 51.2 Å². The number of anilines is 1. The van der Waals surface area contributed by atoms with Crippen molar-refractivity contribution in [1.29, 1.82) is 0 Å². The maximum atomic E-state index is 12.4. The molecule has 1 aliphatic carbocycles. The average molecular weight is 418 g/mol. The van der Waals surface area contributed by atoms with E-state index in [2.05, 4.69) is 17.2 Å². The van der Waals surface area contributed by atoms with E-state index < -0.39 is 0 Å². The van der Waals surface area contributed by atoms with Crippen molar-refractivity contribution in [2.24, 2.45) is 5.92 Å². The molecular weight excluding hydrogens is 395 g/mol. The minimum Gasteiger partial charge on any atom is -0.462 e. The number of aromatic nitrogens is 1. The molecule has 1 aromatic heterocycles. The lowest BCUT2D eigenvalue weighted by Gasteiger charge is -2.31. The summed E-state index contributed by atoms with van der Waals surface area (Å²) in [6, 6.07) is 3.90. The molecule has 0 amide bonds. The zero-order valence-electron chi connectivity index (χ0n) is 14.9. The van der Waals surface area contributed by atoms with E-state index in [0.29, 0.717) is 39.7 Å². The van der Waals surface area contributed by atoms with E-state index in [1.165, 1.54) is 25.5 Å². The number of ether oxygens (including phenoxy) is 1. The Bertz CT molecular complexity index is 798. The number of benzene rings is 1. The van der Waals surface area contributed by atoms with Crippen molar-refractivity contribution in [2.75, 3.05) is 11.9 Å². The summed E-state index contributed by atoms with van der Waals surface area (Å²) >= 11 is 12.4. The Kier molecular flexibility index (Phi) is 7.39. The molecule has 0 saturated heterocycles. The first-order chi connectivity index (χ1) is 12.0. The number of halogens is 3. The van der Waals surface area contributed by atoms with E-state index in [-0.39, 0.29) is 18.4 Å². The summed E-state index contributed by atoms with van der Waals surface area (Å²) in [5.74, 6) is 0.156. The summed E-state index contributed by atoms with van der Waals surface area (Å²) in [5, 5.41) is 5.22. The molecule has 3 rings (SSSR count). The number of nitrogens with zero attached hydrogens (tertiary/aromatic N) is 1. The summed E-state index contributed by atoms with van der Waals surface area (Å²) in [4.78, 5) is 16.8. The predicted octanol–water partition coefficient (Wildman–Crippen LogP) is 6.13. The Balaban J connectivity index is 0.00000243. The zero-order valence-corrected chi connectivity index (χ0v) is 17.2. The Morgan fingerprint density at radius 2 is 2.04 bits per heavy atom. The molecule has 0 aliphatic heterocycles. The molecule has 2 aromatic rings. The summed E-state index contributed by atoms with van der Waals surface area (Å²) < 4.78 is 5.21. The standard InChI is InChI=1S/C19H22Cl2N2O2.ClH/c1-3-25-19(24)13-10-22-18-12(8-9-14(20)16(18)21)17(13)23-15-7-5-4-6-11(15)2;/h8-11,15H,3-7H2,1-2H3,(H,22,23);1H. The fourth-order valence-corrected chi connectivity index (χ4v) is 3.81. The highest BCUT2D eigenvalue weighted by atomic mass is 35.5. The van der Waals surface area contributed by atoms with Gasteiger partial charge in [0.15, 0.2) is 0 Å². The molecule has 1 N–H and O–H groups in total. The molecule has 2 atom stereocenters. The van der Waals surface area contributed by atoms with E-state index in [9.17, 15) is 4.79 Å². The first kappa shape index (κ1) is 21.1. The third kappa shape index (κ3) is 4.19. The number of hydrogen-bond donors (Lipinski definition) is 1. The number of carbonyl (C=O) groups is 1. The van der Waals surface area contributed by atoms with E-state index >= 15 is 0 Å². The smallest absolute Gasteiger partial charge is 0.341 e. The van der Waals surface area contributed by atoms with Crippen LogP contribution in [0.15, 0.2) is 18.3 Å². The monoisotopic (exact) mass is 416 g/mol. The second kappa shape index (κ2) is 9.12. The van der Waals surface area contributed by atoms with Crippen LogP contribution in [0.2, 0.25) is 10.0 Å². The van der Waals surface area contributed by atoms with Gasteiger partial charge in [0.05, 0.1) is 27.9 Å². The summed E-state index contributed by atoms with van der Waals surface area (Å²) in [6.07, 6.45) is 6.23. The molecular formula is C19H23Cl3N2O2. The number of fused-ring (bicyclic) bond motifs is 1. The molecule has 142 valence electrons. The lowest BCUT2D eigenvalue weighted by Crippen LogP contribution is -2.31. The van der Waals surface area contributed by atoms with Crippen molar-refractivity contribution >= 4 is 58.2 Å². The van der Waals surface area contributed by atoms with E-state index in [4.69, 9.17) is 27.9 Å². The average Bonchev–Trinajstić information content (AvgIpc) is 2.60. The van der Waals surface area contributed by atoms with E-state index in [1.54, 1.807) is 13.0 Å². The van der Waals surface area contributed by atoms with Gasteiger partial charge in [0, 0.05) is 17.6 Å². The molecule has 1 fully saturated rings. The molecule has 1 aliphatic rings. The summed E-state index contributed by atoms with van der Waals surface area (Å²) in [5.41, 5.74) is 1.76. The van der Waals surface area contributed by atoms with Gasteiger partial charge >= 0.3 is 5.97 Å². The van der Waals surface area contributed by atoms with Crippen LogP contribution in [0.4, 0.5) is 5.69 Å². The fraction of sp³-hybridized carbons (Fsp3) is 0.474. The third-order valence-corrected chi connectivity index (χ3v) is 5.66. The number of nitrogens with one attached hydrogen (secondary N) is 1. The maximum Gasteiger partial charge on any atom is 0.341 e. The largest absolute Gasteiger partial charge is 0.462 e. The molecule has 0 radical (unpaired) electrons. The first-order valence-corrected chi connectivity index (χ1v) is 9.48. The Morgan fingerprint density at radius 1 is 1.31 bits per heavy atom. The molecule has 4 nitrogen and oxygen atoms in total. The van der Waals surface area contributed by atoms with Gasteiger partial charge in [-0.3, -0.25) is 4.98 Å². The van der Waals surface area contributed by atoms with Crippen LogP contribution in [0.5, 0.6) is 0 Å². The number of rotatable bonds is 4. The van der Waals surface area contributed by atoms with Crippen LogP contribution in [0.3, 0.4) is 0 Å². The molecule has 1 heterocycles. The van der Waals surface area contributed by atoms with Crippen molar-refractivity contribution < 1.29 is 9.53 Å². The quantitative estimate of drug-likeness (QED) is 0.608.